The molecule has 0 aliphatic carbocycles. The Kier molecular flexibility index (Phi) is 5.33. The quantitative estimate of drug-likeness (QED) is 0.887. The average molecular weight is 325 g/mol. The van der Waals surface area contributed by atoms with E-state index in [1.807, 2.05) is 55.5 Å². The number of anilines is 3. The lowest BCUT2D eigenvalue weighted by Gasteiger charge is -2.28. The molecule has 0 unspecified atom stereocenters. The Bertz CT molecular complexity index is 679. The highest BCUT2D eigenvalue weighted by Gasteiger charge is 2.11. The van der Waals surface area contributed by atoms with Crippen molar-refractivity contribution >= 4 is 23.0 Å². The largest absolute Gasteiger partial charge is 0.378 e. The van der Waals surface area contributed by atoms with Crippen molar-refractivity contribution in [2.75, 3.05) is 48.4 Å². The van der Waals surface area contributed by atoms with Crippen molar-refractivity contribution in [3.05, 3.63) is 54.1 Å². The van der Waals surface area contributed by atoms with Crippen LogP contribution in [-0.4, -0.2) is 38.8 Å². The van der Waals surface area contributed by atoms with Gasteiger partial charge >= 0.3 is 0 Å². The van der Waals surface area contributed by atoms with Crippen LogP contribution in [0.1, 0.15) is 5.56 Å². The first-order valence-electron chi connectivity index (χ1n) is 8.24. The second-order valence-electron chi connectivity index (χ2n) is 5.92. The van der Waals surface area contributed by atoms with E-state index in [-0.39, 0.29) is 12.5 Å². The smallest absolute Gasteiger partial charge is 0.243 e. The van der Waals surface area contributed by atoms with Crippen LogP contribution in [0.15, 0.2) is 48.5 Å². The van der Waals surface area contributed by atoms with Crippen LogP contribution < -0.4 is 15.5 Å². The van der Waals surface area contributed by atoms with E-state index in [1.165, 1.54) is 5.56 Å². The van der Waals surface area contributed by atoms with E-state index in [0.29, 0.717) is 0 Å². The molecule has 0 atom stereocenters. The molecule has 1 aliphatic rings. The Morgan fingerprint density at radius 3 is 2.54 bits per heavy atom. The van der Waals surface area contributed by atoms with Crippen LogP contribution in [0.5, 0.6) is 0 Å². The number of nitrogens with zero attached hydrogens (tertiary/aromatic N) is 1. The van der Waals surface area contributed by atoms with Gasteiger partial charge in [0.25, 0.3) is 0 Å². The standard InChI is InChI=1S/C19H23N3O2/c1-15-3-2-4-17(13-15)20-14-19(23)21-16-5-7-18(8-6-16)22-9-11-24-12-10-22/h2-8,13,20H,9-12,14H2,1H3,(H,21,23). The Balaban J connectivity index is 1.50. The second-order valence-corrected chi connectivity index (χ2v) is 5.92. The van der Waals surface area contributed by atoms with E-state index >= 15 is 0 Å². The summed E-state index contributed by atoms with van der Waals surface area (Å²) in [7, 11) is 0. The molecule has 1 heterocycles. The van der Waals surface area contributed by atoms with Gasteiger partial charge in [-0.3, -0.25) is 4.79 Å². The number of hydrogen-bond donors (Lipinski definition) is 2. The number of rotatable bonds is 5. The summed E-state index contributed by atoms with van der Waals surface area (Å²) in [6, 6.07) is 15.9. The molecule has 2 aromatic rings. The highest BCUT2D eigenvalue weighted by atomic mass is 16.5. The maximum absolute atomic E-state index is 12.1. The van der Waals surface area contributed by atoms with Gasteiger partial charge < -0.3 is 20.3 Å². The first kappa shape index (κ1) is 16.3. The molecule has 5 nitrogen and oxygen atoms in total. The van der Waals surface area contributed by atoms with Gasteiger partial charge in [-0.25, -0.2) is 0 Å². The summed E-state index contributed by atoms with van der Waals surface area (Å²) in [5.41, 5.74) is 4.09. The third-order valence-electron chi connectivity index (χ3n) is 4.00. The third kappa shape index (κ3) is 4.49. The molecule has 1 fully saturated rings. The fourth-order valence-corrected chi connectivity index (χ4v) is 2.72. The minimum absolute atomic E-state index is 0.0596. The molecule has 1 saturated heterocycles. The normalized spacial score (nSPS) is 14.3. The number of hydrogen-bond acceptors (Lipinski definition) is 4. The number of carbonyl (C=O) groups is 1. The predicted octanol–water partition coefficient (Wildman–Crippen LogP) is 2.88. The highest BCUT2D eigenvalue weighted by molar-refractivity contribution is 5.93. The number of nitrogens with one attached hydrogen (secondary N) is 2. The number of amides is 1. The maximum atomic E-state index is 12.1. The van der Waals surface area contributed by atoms with E-state index in [4.69, 9.17) is 4.74 Å². The van der Waals surface area contributed by atoms with Crippen LogP contribution in [0, 0.1) is 6.92 Å². The fourth-order valence-electron chi connectivity index (χ4n) is 2.72. The Morgan fingerprint density at radius 2 is 1.83 bits per heavy atom. The number of morpholine rings is 1. The lowest BCUT2D eigenvalue weighted by Crippen LogP contribution is -2.36. The first-order chi connectivity index (χ1) is 11.7. The van der Waals surface area contributed by atoms with Crippen molar-refractivity contribution in [1.29, 1.82) is 0 Å². The van der Waals surface area contributed by atoms with E-state index in [0.717, 1.165) is 43.4 Å². The van der Waals surface area contributed by atoms with E-state index in [1.54, 1.807) is 0 Å². The van der Waals surface area contributed by atoms with Gasteiger partial charge in [-0.2, -0.15) is 0 Å². The fraction of sp³-hybridized carbons (Fsp3) is 0.316. The molecular formula is C19H23N3O2. The van der Waals surface area contributed by atoms with Crippen LogP contribution in [0.4, 0.5) is 17.1 Å². The molecule has 0 radical (unpaired) electrons. The SMILES string of the molecule is Cc1cccc(NCC(=O)Nc2ccc(N3CCOCC3)cc2)c1. The monoisotopic (exact) mass is 325 g/mol. The van der Waals surface area contributed by atoms with Crippen LogP contribution in [0.2, 0.25) is 0 Å². The zero-order valence-electron chi connectivity index (χ0n) is 13.9. The average Bonchev–Trinajstić information content (AvgIpc) is 2.61. The molecule has 2 N–H and O–H groups in total. The Morgan fingerprint density at radius 1 is 1.08 bits per heavy atom. The van der Waals surface area contributed by atoms with Crippen molar-refractivity contribution in [3.63, 3.8) is 0 Å². The summed E-state index contributed by atoms with van der Waals surface area (Å²) in [6.45, 7) is 5.63. The lowest BCUT2D eigenvalue weighted by atomic mass is 10.2. The Labute approximate surface area is 142 Å². The first-order valence-corrected chi connectivity index (χ1v) is 8.24. The molecule has 0 saturated carbocycles. The topological polar surface area (TPSA) is 53.6 Å². The number of aryl methyl sites for hydroxylation is 1. The van der Waals surface area contributed by atoms with E-state index in [9.17, 15) is 4.79 Å². The molecule has 5 heteroatoms. The second kappa shape index (κ2) is 7.84. The number of benzene rings is 2. The summed E-state index contributed by atoms with van der Waals surface area (Å²) >= 11 is 0. The van der Waals surface area contributed by atoms with Gasteiger partial charge in [0.15, 0.2) is 0 Å². The van der Waals surface area contributed by atoms with Crippen molar-refractivity contribution in [2.45, 2.75) is 6.92 Å². The maximum Gasteiger partial charge on any atom is 0.243 e. The summed E-state index contributed by atoms with van der Waals surface area (Å²) in [5.74, 6) is -0.0596. The zero-order valence-corrected chi connectivity index (χ0v) is 13.9. The molecular weight excluding hydrogens is 302 g/mol. The van der Waals surface area contributed by atoms with Gasteiger partial charge in [0.05, 0.1) is 19.8 Å². The lowest BCUT2D eigenvalue weighted by molar-refractivity contribution is -0.114. The molecule has 0 bridgehead atoms. The van der Waals surface area contributed by atoms with Crippen LogP contribution in [0.25, 0.3) is 0 Å². The molecule has 3 rings (SSSR count). The van der Waals surface area contributed by atoms with Crippen molar-refractivity contribution in [1.82, 2.24) is 0 Å². The van der Waals surface area contributed by atoms with Crippen LogP contribution in [-0.2, 0) is 9.53 Å². The summed E-state index contributed by atoms with van der Waals surface area (Å²) in [4.78, 5) is 14.3. The van der Waals surface area contributed by atoms with Crippen molar-refractivity contribution < 1.29 is 9.53 Å². The van der Waals surface area contributed by atoms with Crippen molar-refractivity contribution in [2.24, 2.45) is 0 Å². The van der Waals surface area contributed by atoms with Gasteiger partial charge in [-0.05, 0) is 48.9 Å². The zero-order chi connectivity index (χ0) is 16.8. The molecule has 24 heavy (non-hydrogen) atoms. The molecule has 1 aliphatic heterocycles. The molecule has 126 valence electrons. The molecule has 1 amide bonds. The predicted molar refractivity (Wildman–Crippen MR) is 97.8 cm³/mol. The molecule has 0 aromatic heterocycles. The van der Waals surface area contributed by atoms with Crippen LogP contribution in [0.3, 0.4) is 0 Å². The van der Waals surface area contributed by atoms with Gasteiger partial charge in [-0.15, -0.1) is 0 Å². The van der Waals surface area contributed by atoms with Crippen molar-refractivity contribution in [3.8, 4) is 0 Å². The molecule has 2 aromatic carbocycles. The third-order valence-corrected chi connectivity index (χ3v) is 4.00. The number of carbonyl (C=O) groups excluding carboxylic acids is 1. The Hall–Kier alpha value is -2.53. The minimum atomic E-state index is -0.0596. The highest BCUT2D eigenvalue weighted by Crippen LogP contribution is 2.19. The summed E-state index contributed by atoms with van der Waals surface area (Å²) in [6.07, 6.45) is 0. The van der Waals surface area contributed by atoms with E-state index < -0.39 is 0 Å². The molecule has 0 spiro atoms. The van der Waals surface area contributed by atoms with Gasteiger partial charge in [0.2, 0.25) is 5.91 Å². The van der Waals surface area contributed by atoms with Gasteiger partial charge in [0, 0.05) is 30.2 Å². The number of ether oxygens (including phenoxy) is 1. The minimum Gasteiger partial charge on any atom is -0.378 e. The summed E-state index contributed by atoms with van der Waals surface area (Å²) in [5, 5.41) is 6.05. The van der Waals surface area contributed by atoms with Gasteiger partial charge in [0.1, 0.15) is 0 Å². The summed E-state index contributed by atoms with van der Waals surface area (Å²) < 4.78 is 5.36. The van der Waals surface area contributed by atoms with Crippen LogP contribution >= 0.6 is 0 Å². The van der Waals surface area contributed by atoms with Gasteiger partial charge in [-0.1, -0.05) is 12.1 Å². The van der Waals surface area contributed by atoms with E-state index in [2.05, 4.69) is 15.5 Å².